The molecule has 1 aliphatic carbocycles. The van der Waals surface area contributed by atoms with E-state index in [1.54, 1.807) is 0 Å². The molecule has 1 N–H and O–H groups in total. The maximum Gasteiger partial charge on any atom is 0.271 e. The minimum atomic E-state index is -3.84. The number of hydrogen-bond acceptors (Lipinski definition) is 5. The Balaban J connectivity index is 2.32. The van der Waals surface area contributed by atoms with E-state index in [1.807, 2.05) is 0 Å². The standard InChI is InChI=1S/C13H18N2O5S/c1-20-12-8-7-11(15(16)17)9-13(12)21(18,19)14-10-5-3-2-4-6-10/h7-10,14H,2-6H2,1H3. The Labute approximate surface area is 123 Å². The third kappa shape index (κ3) is 3.70. The van der Waals surface area contributed by atoms with Crippen molar-refractivity contribution < 1.29 is 18.1 Å². The summed E-state index contributed by atoms with van der Waals surface area (Å²) in [6.07, 6.45) is 4.66. The second-order valence-corrected chi connectivity index (χ2v) is 6.73. The van der Waals surface area contributed by atoms with Gasteiger partial charge >= 0.3 is 0 Å². The largest absolute Gasteiger partial charge is 0.495 e. The van der Waals surface area contributed by atoms with Crippen molar-refractivity contribution in [1.82, 2.24) is 4.72 Å². The summed E-state index contributed by atoms with van der Waals surface area (Å²) in [4.78, 5) is 10.0. The van der Waals surface area contributed by atoms with Crippen LogP contribution in [0.1, 0.15) is 32.1 Å². The Kier molecular flexibility index (Phi) is 4.79. The number of benzene rings is 1. The molecular formula is C13H18N2O5S. The van der Waals surface area contributed by atoms with Gasteiger partial charge in [-0.25, -0.2) is 13.1 Å². The van der Waals surface area contributed by atoms with E-state index in [9.17, 15) is 18.5 Å². The second kappa shape index (κ2) is 6.40. The number of nitro benzene ring substituents is 1. The van der Waals surface area contributed by atoms with E-state index in [0.29, 0.717) is 0 Å². The highest BCUT2D eigenvalue weighted by Crippen LogP contribution is 2.29. The predicted octanol–water partition coefficient (Wildman–Crippen LogP) is 2.21. The van der Waals surface area contributed by atoms with Crippen LogP contribution in [0.25, 0.3) is 0 Å². The predicted molar refractivity (Wildman–Crippen MR) is 76.8 cm³/mol. The fraction of sp³-hybridized carbons (Fsp3) is 0.538. The average Bonchev–Trinajstić information content (AvgIpc) is 2.47. The van der Waals surface area contributed by atoms with E-state index in [2.05, 4.69) is 4.72 Å². The van der Waals surface area contributed by atoms with Gasteiger partial charge in [-0.2, -0.15) is 0 Å². The summed E-state index contributed by atoms with van der Waals surface area (Å²) in [5, 5.41) is 10.8. The average molecular weight is 314 g/mol. The van der Waals surface area contributed by atoms with Crippen LogP contribution in [0.2, 0.25) is 0 Å². The number of non-ortho nitro benzene ring substituents is 1. The molecule has 0 aromatic heterocycles. The molecule has 1 saturated carbocycles. The molecule has 0 radical (unpaired) electrons. The van der Waals surface area contributed by atoms with Gasteiger partial charge in [0.15, 0.2) is 0 Å². The molecule has 1 fully saturated rings. The Hall–Kier alpha value is -1.67. The van der Waals surface area contributed by atoms with Crippen molar-refractivity contribution in [2.24, 2.45) is 0 Å². The number of rotatable bonds is 5. The first kappa shape index (κ1) is 15.7. The Morgan fingerprint density at radius 2 is 1.95 bits per heavy atom. The van der Waals surface area contributed by atoms with Gasteiger partial charge in [-0.1, -0.05) is 19.3 Å². The van der Waals surface area contributed by atoms with Gasteiger partial charge in [0, 0.05) is 18.2 Å². The summed E-state index contributed by atoms with van der Waals surface area (Å²) in [5.74, 6) is 0.101. The number of ether oxygens (including phenoxy) is 1. The van der Waals surface area contributed by atoms with Crippen molar-refractivity contribution in [3.63, 3.8) is 0 Å². The zero-order valence-corrected chi connectivity index (χ0v) is 12.6. The summed E-state index contributed by atoms with van der Waals surface area (Å²) < 4.78 is 32.5. The fourth-order valence-corrected chi connectivity index (χ4v) is 3.99. The third-order valence-corrected chi connectivity index (χ3v) is 5.12. The first-order valence-corrected chi connectivity index (χ1v) is 8.27. The number of sulfonamides is 1. The molecule has 116 valence electrons. The molecule has 0 unspecified atom stereocenters. The van der Waals surface area contributed by atoms with E-state index < -0.39 is 14.9 Å². The maximum absolute atomic E-state index is 12.4. The normalized spacial score (nSPS) is 16.6. The molecule has 0 saturated heterocycles. The molecule has 0 aliphatic heterocycles. The van der Waals surface area contributed by atoms with Gasteiger partial charge in [0.2, 0.25) is 10.0 Å². The van der Waals surface area contributed by atoms with Crippen molar-refractivity contribution in [3.8, 4) is 5.75 Å². The Bertz CT molecular complexity index is 623. The van der Waals surface area contributed by atoms with Crippen molar-refractivity contribution in [2.75, 3.05) is 7.11 Å². The molecular weight excluding hydrogens is 296 g/mol. The van der Waals surface area contributed by atoms with E-state index in [1.165, 1.54) is 19.2 Å². The Morgan fingerprint density at radius 3 is 2.52 bits per heavy atom. The van der Waals surface area contributed by atoms with Crippen molar-refractivity contribution in [2.45, 2.75) is 43.0 Å². The topological polar surface area (TPSA) is 98.5 Å². The van der Waals surface area contributed by atoms with Crippen LogP contribution in [0.5, 0.6) is 5.75 Å². The van der Waals surface area contributed by atoms with Crippen LogP contribution in [0.4, 0.5) is 5.69 Å². The molecule has 1 aliphatic rings. The molecule has 7 nitrogen and oxygen atoms in total. The fourth-order valence-electron chi connectivity index (χ4n) is 2.49. The Morgan fingerprint density at radius 1 is 1.29 bits per heavy atom. The highest BCUT2D eigenvalue weighted by atomic mass is 32.2. The third-order valence-electron chi connectivity index (χ3n) is 3.57. The first-order valence-electron chi connectivity index (χ1n) is 6.79. The van der Waals surface area contributed by atoms with Gasteiger partial charge < -0.3 is 4.74 Å². The summed E-state index contributed by atoms with van der Waals surface area (Å²) in [7, 11) is -2.50. The SMILES string of the molecule is COc1ccc([N+](=O)[O-])cc1S(=O)(=O)NC1CCCCC1. The maximum atomic E-state index is 12.4. The zero-order chi connectivity index (χ0) is 15.5. The van der Waals surface area contributed by atoms with E-state index in [0.717, 1.165) is 38.2 Å². The van der Waals surface area contributed by atoms with E-state index in [4.69, 9.17) is 4.74 Å². The highest BCUT2D eigenvalue weighted by Gasteiger charge is 2.26. The number of nitrogens with zero attached hydrogens (tertiary/aromatic N) is 1. The first-order chi connectivity index (χ1) is 9.94. The van der Waals surface area contributed by atoms with Crippen LogP contribution >= 0.6 is 0 Å². The molecule has 0 heterocycles. The van der Waals surface area contributed by atoms with Gasteiger partial charge in [0.25, 0.3) is 5.69 Å². The lowest BCUT2D eigenvalue weighted by atomic mass is 9.96. The molecule has 21 heavy (non-hydrogen) atoms. The summed E-state index contributed by atoms with van der Waals surface area (Å²) in [5.41, 5.74) is -0.278. The molecule has 2 rings (SSSR count). The van der Waals surface area contributed by atoms with Crippen LogP contribution < -0.4 is 9.46 Å². The quantitative estimate of drug-likeness (QED) is 0.663. The number of nitro groups is 1. The zero-order valence-electron chi connectivity index (χ0n) is 11.7. The minimum Gasteiger partial charge on any atom is -0.495 e. The number of methoxy groups -OCH3 is 1. The van der Waals surface area contributed by atoms with Gasteiger partial charge in [-0.05, 0) is 18.9 Å². The molecule has 0 spiro atoms. The van der Waals surface area contributed by atoms with Crippen molar-refractivity contribution in [1.29, 1.82) is 0 Å². The molecule has 1 aromatic carbocycles. The van der Waals surface area contributed by atoms with Crippen LogP contribution in [0.3, 0.4) is 0 Å². The lowest BCUT2D eigenvalue weighted by molar-refractivity contribution is -0.385. The molecule has 0 bridgehead atoms. The molecule has 0 amide bonds. The second-order valence-electron chi connectivity index (χ2n) is 5.05. The monoisotopic (exact) mass is 314 g/mol. The molecule has 8 heteroatoms. The highest BCUT2D eigenvalue weighted by molar-refractivity contribution is 7.89. The van der Waals surface area contributed by atoms with Gasteiger partial charge in [-0.3, -0.25) is 10.1 Å². The molecule has 0 atom stereocenters. The van der Waals surface area contributed by atoms with Gasteiger partial charge in [-0.15, -0.1) is 0 Å². The van der Waals surface area contributed by atoms with Crippen LogP contribution in [-0.2, 0) is 10.0 Å². The lowest BCUT2D eigenvalue weighted by Gasteiger charge is -2.23. The van der Waals surface area contributed by atoms with Crippen molar-refractivity contribution >= 4 is 15.7 Å². The summed E-state index contributed by atoms with van der Waals surface area (Å²) in [6.45, 7) is 0. The van der Waals surface area contributed by atoms with Gasteiger partial charge in [0.05, 0.1) is 12.0 Å². The summed E-state index contributed by atoms with van der Waals surface area (Å²) >= 11 is 0. The van der Waals surface area contributed by atoms with Crippen LogP contribution in [0, 0.1) is 10.1 Å². The van der Waals surface area contributed by atoms with Gasteiger partial charge in [0.1, 0.15) is 10.6 Å². The number of hydrogen-bond donors (Lipinski definition) is 1. The number of nitrogens with one attached hydrogen (secondary N) is 1. The van der Waals surface area contributed by atoms with Crippen molar-refractivity contribution in [3.05, 3.63) is 28.3 Å². The smallest absolute Gasteiger partial charge is 0.271 e. The minimum absolute atomic E-state index is 0.101. The molecule has 1 aromatic rings. The van der Waals surface area contributed by atoms with E-state index >= 15 is 0 Å². The van der Waals surface area contributed by atoms with E-state index in [-0.39, 0.29) is 22.4 Å². The van der Waals surface area contributed by atoms with Crippen LogP contribution in [0.15, 0.2) is 23.1 Å². The summed E-state index contributed by atoms with van der Waals surface area (Å²) in [6, 6.07) is 3.43. The lowest BCUT2D eigenvalue weighted by Crippen LogP contribution is -2.36. The van der Waals surface area contributed by atoms with Crippen LogP contribution in [-0.4, -0.2) is 26.5 Å².